The van der Waals surface area contributed by atoms with Crippen LogP contribution in [-0.2, 0) is 0 Å². The van der Waals surface area contributed by atoms with Gasteiger partial charge >= 0.3 is 0 Å². The number of nitrogens with zero attached hydrogens (tertiary/aromatic N) is 8. The van der Waals surface area contributed by atoms with Crippen LogP contribution in [-0.4, -0.2) is 45.8 Å². The Bertz CT molecular complexity index is 1030. The maximum atomic E-state index is 12.6. The summed E-state index contributed by atoms with van der Waals surface area (Å²) in [7, 11) is 0. The van der Waals surface area contributed by atoms with Crippen molar-refractivity contribution in [1.82, 2.24) is 39.9 Å². The lowest BCUT2D eigenvalue weighted by molar-refractivity contribution is 0.101. The van der Waals surface area contributed by atoms with Crippen LogP contribution < -0.4 is 5.32 Å². The molecule has 0 radical (unpaired) electrons. The highest BCUT2D eigenvalue weighted by atomic mass is 16.2. The van der Waals surface area contributed by atoms with Gasteiger partial charge < -0.3 is 5.32 Å². The topological polar surface area (TPSA) is 124 Å². The zero-order valence-corrected chi connectivity index (χ0v) is 13.3. The fraction of sp³-hybridized carbons (Fsp3) is 0. The molecule has 0 spiro atoms. The van der Waals surface area contributed by atoms with E-state index >= 15 is 0 Å². The van der Waals surface area contributed by atoms with Crippen LogP contribution >= 0.6 is 0 Å². The lowest BCUT2D eigenvalue weighted by Crippen LogP contribution is -2.19. The van der Waals surface area contributed by atoms with Gasteiger partial charge in [0, 0.05) is 24.8 Å². The fourth-order valence-electron chi connectivity index (χ4n) is 2.17. The van der Waals surface area contributed by atoms with E-state index in [1.807, 2.05) is 6.07 Å². The maximum absolute atomic E-state index is 12.6. The van der Waals surface area contributed by atoms with Gasteiger partial charge in [0.2, 0.25) is 0 Å². The Morgan fingerprint density at radius 3 is 2.58 bits per heavy atom. The van der Waals surface area contributed by atoms with E-state index in [2.05, 4.69) is 40.5 Å². The Balaban J connectivity index is 1.60. The number of pyridine rings is 1. The van der Waals surface area contributed by atoms with Gasteiger partial charge in [-0.3, -0.25) is 9.78 Å². The average molecular weight is 345 g/mol. The molecule has 0 atom stereocenters. The zero-order valence-electron chi connectivity index (χ0n) is 13.3. The number of carbonyl (C=O) groups excluding carboxylic acids is 1. The monoisotopic (exact) mass is 345 g/mol. The molecule has 0 aliphatic carbocycles. The van der Waals surface area contributed by atoms with Crippen LogP contribution in [0.15, 0.2) is 61.3 Å². The van der Waals surface area contributed by atoms with Crippen LogP contribution in [0, 0.1) is 0 Å². The lowest BCUT2D eigenvalue weighted by atomic mass is 10.3. The Morgan fingerprint density at radius 2 is 1.77 bits per heavy atom. The number of hydrogen-bond acceptors (Lipinski definition) is 8. The van der Waals surface area contributed by atoms with Gasteiger partial charge in [0.25, 0.3) is 11.9 Å². The minimum atomic E-state index is -0.451. The van der Waals surface area contributed by atoms with Gasteiger partial charge in [0.15, 0.2) is 11.5 Å². The first-order valence-electron chi connectivity index (χ1n) is 7.55. The molecule has 10 heteroatoms. The summed E-state index contributed by atoms with van der Waals surface area (Å²) in [6, 6.07) is 8.67. The molecule has 0 aliphatic rings. The Hall–Kier alpha value is -4.08. The molecule has 4 aromatic heterocycles. The summed E-state index contributed by atoms with van der Waals surface area (Å²) in [5, 5.41) is 10.3. The molecule has 4 aromatic rings. The third-order valence-corrected chi connectivity index (χ3v) is 3.31. The van der Waals surface area contributed by atoms with Gasteiger partial charge in [0.05, 0.1) is 6.20 Å². The maximum Gasteiger partial charge on any atom is 0.277 e. The molecule has 126 valence electrons. The van der Waals surface area contributed by atoms with E-state index in [4.69, 9.17) is 0 Å². The highest BCUT2D eigenvalue weighted by molar-refractivity contribution is 6.02. The summed E-state index contributed by atoms with van der Waals surface area (Å²) < 4.78 is 1.25. The fourth-order valence-corrected chi connectivity index (χ4v) is 2.17. The van der Waals surface area contributed by atoms with Crippen LogP contribution in [0.3, 0.4) is 0 Å². The summed E-state index contributed by atoms with van der Waals surface area (Å²) in [5.41, 5.74) is 0.780. The Labute approximate surface area is 147 Å². The first-order valence-corrected chi connectivity index (χ1v) is 7.55. The second kappa shape index (κ2) is 6.81. The normalized spacial score (nSPS) is 10.5. The van der Waals surface area contributed by atoms with Gasteiger partial charge in [-0.25, -0.2) is 19.9 Å². The van der Waals surface area contributed by atoms with Crippen LogP contribution in [0.4, 0.5) is 5.82 Å². The van der Waals surface area contributed by atoms with Crippen LogP contribution in [0.5, 0.6) is 0 Å². The van der Waals surface area contributed by atoms with E-state index in [1.54, 1.807) is 49.1 Å². The molecule has 1 amide bonds. The smallest absolute Gasteiger partial charge is 0.277 e. The summed E-state index contributed by atoms with van der Waals surface area (Å²) in [6.07, 6.45) is 7.62. The molecular formula is C16H11N9O. The minimum Gasteiger partial charge on any atom is -0.305 e. The van der Waals surface area contributed by atoms with Gasteiger partial charge in [-0.1, -0.05) is 11.3 Å². The molecule has 0 fully saturated rings. The first-order chi connectivity index (χ1) is 12.8. The number of rotatable bonds is 4. The number of nitrogens with one attached hydrogen (secondary N) is 1. The van der Waals surface area contributed by atoms with Crippen molar-refractivity contribution in [2.45, 2.75) is 0 Å². The van der Waals surface area contributed by atoms with E-state index in [0.717, 1.165) is 0 Å². The first kappa shape index (κ1) is 15.4. The van der Waals surface area contributed by atoms with Crippen molar-refractivity contribution in [3.63, 3.8) is 0 Å². The van der Waals surface area contributed by atoms with E-state index in [0.29, 0.717) is 17.3 Å². The number of carbonyl (C=O) groups is 1. The van der Waals surface area contributed by atoms with Crippen molar-refractivity contribution in [2.24, 2.45) is 0 Å². The molecule has 0 saturated carbocycles. The van der Waals surface area contributed by atoms with Crippen molar-refractivity contribution in [2.75, 3.05) is 5.32 Å². The largest absolute Gasteiger partial charge is 0.305 e. The van der Waals surface area contributed by atoms with Crippen molar-refractivity contribution >= 4 is 11.7 Å². The Kier molecular flexibility index (Phi) is 4.04. The lowest BCUT2D eigenvalue weighted by Gasteiger charge is -2.06. The highest BCUT2D eigenvalue weighted by Crippen LogP contribution is 2.14. The minimum absolute atomic E-state index is 0.175. The number of aromatic nitrogens is 8. The predicted octanol–water partition coefficient (Wildman–Crippen LogP) is 1.16. The van der Waals surface area contributed by atoms with Crippen LogP contribution in [0.1, 0.15) is 10.5 Å². The second-order valence-corrected chi connectivity index (χ2v) is 5.01. The summed E-state index contributed by atoms with van der Waals surface area (Å²) >= 11 is 0. The second-order valence-electron chi connectivity index (χ2n) is 5.01. The van der Waals surface area contributed by atoms with Crippen LogP contribution in [0.2, 0.25) is 0 Å². The third-order valence-electron chi connectivity index (χ3n) is 3.31. The molecule has 0 saturated heterocycles. The van der Waals surface area contributed by atoms with E-state index < -0.39 is 5.91 Å². The van der Waals surface area contributed by atoms with E-state index in [9.17, 15) is 4.79 Å². The van der Waals surface area contributed by atoms with Crippen molar-refractivity contribution < 1.29 is 4.79 Å². The Morgan fingerprint density at radius 1 is 0.923 bits per heavy atom. The molecule has 1 N–H and O–H groups in total. The number of anilines is 1. The predicted molar refractivity (Wildman–Crippen MR) is 90.2 cm³/mol. The SMILES string of the molecule is O=C(Nc1ccnc(-c2ccccn2)n1)c1cnnn1-c1ncccn1. The van der Waals surface area contributed by atoms with Gasteiger partial charge in [-0.05, 0) is 24.3 Å². The molecule has 0 aromatic carbocycles. The van der Waals surface area contributed by atoms with E-state index in [1.165, 1.54) is 10.9 Å². The summed E-state index contributed by atoms with van der Waals surface area (Å²) in [5.74, 6) is 0.522. The molecule has 4 heterocycles. The molecule has 26 heavy (non-hydrogen) atoms. The van der Waals surface area contributed by atoms with Gasteiger partial charge in [0.1, 0.15) is 11.5 Å². The molecule has 0 bridgehead atoms. The standard InChI is InChI=1S/C16H11N9O/c26-15(12-10-21-24-25(12)16-19-7-3-8-20-16)23-13-5-9-18-14(22-13)11-4-1-2-6-17-11/h1-10H,(H,18,22,23,26). The quantitative estimate of drug-likeness (QED) is 0.584. The van der Waals surface area contributed by atoms with Crippen molar-refractivity contribution in [3.05, 3.63) is 67.0 Å². The summed E-state index contributed by atoms with van der Waals surface area (Å²) in [4.78, 5) is 33.4. The van der Waals surface area contributed by atoms with E-state index in [-0.39, 0.29) is 11.6 Å². The molecule has 0 aliphatic heterocycles. The summed E-state index contributed by atoms with van der Waals surface area (Å²) in [6.45, 7) is 0. The molecule has 0 unspecified atom stereocenters. The van der Waals surface area contributed by atoms with Gasteiger partial charge in [-0.15, -0.1) is 5.10 Å². The number of amides is 1. The van der Waals surface area contributed by atoms with Crippen LogP contribution in [0.25, 0.3) is 17.5 Å². The van der Waals surface area contributed by atoms with Crippen molar-refractivity contribution in [3.8, 4) is 17.5 Å². The number of hydrogen-bond donors (Lipinski definition) is 1. The molecular weight excluding hydrogens is 334 g/mol. The van der Waals surface area contributed by atoms with Gasteiger partial charge in [-0.2, -0.15) is 4.68 Å². The zero-order chi connectivity index (χ0) is 17.8. The molecule has 10 nitrogen and oxygen atoms in total. The third kappa shape index (κ3) is 3.11. The highest BCUT2D eigenvalue weighted by Gasteiger charge is 2.17. The van der Waals surface area contributed by atoms with Crippen molar-refractivity contribution in [1.29, 1.82) is 0 Å². The average Bonchev–Trinajstić information content (AvgIpc) is 3.20. The molecule has 4 rings (SSSR count).